The van der Waals surface area contributed by atoms with Crippen molar-refractivity contribution in [1.29, 1.82) is 0 Å². The molecule has 1 fully saturated rings. The molecule has 1 spiro atoms. The minimum atomic E-state index is 0.262. The van der Waals surface area contributed by atoms with Crippen molar-refractivity contribution in [2.45, 2.75) is 31.2 Å². The van der Waals surface area contributed by atoms with Gasteiger partial charge in [0.15, 0.2) is 5.96 Å². The summed E-state index contributed by atoms with van der Waals surface area (Å²) in [6.07, 6.45) is 7.02. The summed E-state index contributed by atoms with van der Waals surface area (Å²) in [5, 5.41) is 0. The second kappa shape index (κ2) is 3.05. The molecule has 0 radical (unpaired) electrons. The van der Waals surface area contributed by atoms with Crippen LogP contribution in [0.3, 0.4) is 0 Å². The molecule has 72 valence electrons. The summed E-state index contributed by atoms with van der Waals surface area (Å²) in [7, 11) is 0. The molecule has 3 heteroatoms. The Labute approximate surface area is 79.3 Å². The third kappa shape index (κ3) is 1.23. The maximum atomic E-state index is 5.85. The largest absolute Gasteiger partial charge is 0.370 e. The maximum Gasteiger partial charge on any atom is 0.192 e. The van der Waals surface area contributed by atoms with Crippen LogP contribution < -0.4 is 5.73 Å². The zero-order chi connectivity index (χ0) is 9.31. The van der Waals surface area contributed by atoms with Crippen LogP contribution in [0.4, 0.5) is 0 Å². The van der Waals surface area contributed by atoms with Gasteiger partial charge in [-0.15, -0.1) is 6.58 Å². The third-order valence-electron chi connectivity index (χ3n) is 3.23. The highest BCUT2D eigenvalue weighted by Gasteiger charge is 2.43. The minimum absolute atomic E-state index is 0.262. The van der Waals surface area contributed by atoms with E-state index in [1.54, 1.807) is 0 Å². The number of guanidine groups is 1. The van der Waals surface area contributed by atoms with E-state index in [9.17, 15) is 0 Å². The van der Waals surface area contributed by atoms with Crippen molar-refractivity contribution in [3.05, 3.63) is 12.7 Å². The molecular formula is C10H17N3. The van der Waals surface area contributed by atoms with Crippen molar-refractivity contribution in [2.75, 3.05) is 13.1 Å². The van der Waals surface area contributed by atoms with Gasteiger partial charge in [0, 0.05) is 6.54 Å². The predicted molar refractivity (Wildman–Crippen MR) is 54.6 cm³/mol. The Hall–Kier alpha value is -0.990. The zero-order valence-corrected chi connectivity index (χ0v) is 8.00. The van der Waals surface area contributed by atoms with Crippen molar-refractivity contribution >= 4 is 5.96 Å². The Balaban J connectivity index is 2.17. The molecule has 0 aromatic carbocycles. The Bertz CT molecular complexity index is 239. The quantitative estimate of drug-likeness (QED) is 0.645. The summed E-state index contributed by atoms with van der Waals surface area (Å²) >= 11 is 0. The molecule has 13 heavy (non-hydrogen) atoms. The van der Waals surface area contributed by atoms with Crippen LogP contribution in [0.1, 0.15) is 25.7 Å². The van der Waals surface area contributed by atoms with E-state index < -0.39 is 0 Å². The molecule has 0 bridgehead atoms. The second-order valence-corrected chi connectivity index (χ2v) is 4.01. The first-order valence-electron chi connectivity index (χ1n) is 4.97. The van der Waals surface area contributed by atoms with Crippen molar-refractivity contribution in [3.63, 3.8) is 0 Å². The van der Waals surface area contributed by atoms with E-state index in [-0.39, 0.29) is 5.54 Å². The van der Waals surface area contributed by atoms with Crippen LogP contribution in [0, 0.1) is 0 Å². The number of hydrogen-bond acceptors (Lipinski definition) is 3. The van der Waals surface area contributed by atoms with Crippen molar-refractivity contribution in [3.8, 4) is 0 Å². The van der Waals surface area contributed by atoms with Crippen molar-refractivity contribution in [2.24, 2.45) is 10.7 Å². The molecule has 0 atom stereocenters. The summed E-state index contributed by atoms with van der Waals surface area (Å²) in [5.74, 6) is 0.710. The van der Waals surface area contributed by atoms with Crippen LogP contribution in [-0.2, 0) is 0 Å². The van der Waals surface area contributed by atoms with E-state index in [4.69, 9.17) is 5.73 Å². The van der Waals surface area contributed by atoms with Gasteiger partial charge >= 0.3 is 0 Å². The van der Waals surface area contributed by atoms with Crippen LogP contribution in [-0.4, -0.2) is 29.5 Å². The van der Waals surface area contributed by atoms with Gasteiger partial charge in [0.05, 0.1) is 12.1 Å². The van der Waals surface area contributed by atoms with Gasteiger partial charge in [0.2, 0.25) is 0 Å². The van der Waals surface area contributed by atoms with Crippen LogP contribution in [0.15, 0.2) is 17.6 Å². The molecule has 0 amide bonds. The first-order chi connectivity index (χ1) is 6.28. The highest BCUT2D eigenvalue weighted by molar-refractivity contribution is 5.81. The van der Waals surface area contributed by atoms with Crippen molar-refractivity contribution < 1.29 is 0 Å². The Morgan fingerprint density at radius 1 is 1.54 bits per heavy atom. The first kappa shape index (κ1) is 8.60. The van der Waals surface area contributed by atoms with Gasteiger partial charge in [0.25, 0.3) is 0 Å². The number of nitrogens with zero attached hydrogens (tertiary/aromatic N) is 2. The molecule has 2 N–H and O–H groups in total. The van der Waals surface area contributed by atoms with E-state index >= 15 is 0 Å². The molecular weight excluding hydrogens is 162 g/mol. The smallest absolute Gasteiger partial charge is 0.192 e. The third-order valence-corrected chi connectivity index (χ3v) is 3.23. The fraction of sp³-hybridized carbons (Fsp3) is 0.700. The molecule has 1 saturated carbocycles. The highest BCUT2D eigenvalue weighted by Crippen LogP contribution is 2.38. The number of rotatable bonds is 2. The fourth-order valence-electron chi connectivity index (χ4n) is 2.52. The molecule has 2 rings (SSSR count). The van der Waals surface area contributed by atoms with E-state index in [2.05, 4.69) is 16.5 Å². The summed E-state index contributed by atoms with van der Waals surface area (Å²) in [5.41, 5.74) is 6.11. The van der Waals surface area contributed by atoms with Gasteiger partial charge in [-0.2, -0.15) is 0 Å². The average Bonchev–Trinajstić information content (AvgIpc) is 2.69. The van der Waals surface area contributed by atoms with Gasteiger partial charge < -0.3 is 10.6 Å². The summed E-state index contributed by atoms with van der Waals surface area (Å²) in [6.45, 7) is 5.50. The average molecular weight is 179 g/mol. The standard InChI is InChI=1S/C10H17N3/c1-2-7-13-9(11)12-8-10(13)5-3-4-6-10/h2H,1,3-8H2,(H2,11,12). The fourth-order valence-corrected chi connectivity index (χ4v) is 2.52. The highest BCUT2D eigenvalue weighted by atomic mass is 15.4. The maximum absolute atomic E-state index is 5.85. The lowest BCUT2D eigenvalue weighted by Crippen LogP contribution is -2.49. The molecule has 2 aliphatic rings. The molecule has 1 aliphatic heterocycles. The first-order valence-corrected chi connectivity index (χ1v) is 4.97. The number of nitrogens with two attached hydrogens (primary N) is 1. The Morgan fingerprint density at radius 3 is 2.85 bits per heavy atom. The van der Waals surface area contributed by atoms with Crippen LogP contribution >= 0.6 is 0 Å². The van der Waals surface area contributed by atoms with E-state index in [1.165, 1.54) is 25.7 Å². The van der Waals surface area contributed by atoms with Gasteiger partial charge in [-0.1, -0.05) is 18.9 Å². The monoisotopic (exact) mass is 179 g/mol. The van der Waals surface area contributed by atoms with E-state index in [0.29, 0.717) is 5.96 Å². The normalized spacial score (nSPS) is 25.2. The van der Waals surface area contributed by atoms with Gasteiger partial charge in [0.1, 0.15) is 0 Å². The molecule has 0 unspecified atom stereocenters. The topological polar surface area (TPSA) is 41.6 Å². The second-order valence-electron chi connectivity index (χ2n) is 4.01. The lowest BCUT2D eigenvalue weighted by molar-refractivity contribution is 0.223. The van der Waals surface area contributed by atoms with Crippen LogP contribution in [0.25, 0.3) is 0 Å². The molecule has 0 saturated heterocycles. The van der Waals surface area contributed by atoms with E-state index in [1.807, 2.05) is 6.08 Å². The number of aliphatic imine (C=N–C) groups is 1. The molecule has 3 nitrogen and oxygen atoms in total. The molecule has 0 aromatic heterocycles. The SMILES string of the molecule is C=CCN1C(N)=NCC12CCCC2. The molecule has 1 aliphatic carbocycles. The summed E-state index contributed by atoms with van der Waals surface area (Å²) in [6, 6.07) is 0. The molecule has 0 aromatic rings. The number of hydrogen-bond donors (Lipinski definition) is 1. The Kier molecular flexibility index (Phi) is 2.02. The van der Waals surface area contributed by atoms with Crippen LogP contribution in [0.5, 0.6) is 0 Å². The van der Waals surface area contributed by atoms with Gasteiger partial charge in [-0.05, 0) is 12.8 Å². The van der Waals surface area contributed by atoms with Crippen LogP contribution in [0.2, 0.25) is 0 Å². The minimum Gasteiger partial charge on any atom is -0.370 e. The van der Waals surface area contributed by atoms with Gasteiger partial charge in [-0.25, -0.2) is 0 Å². The lowest BCUT2D eigenvalue weighted by Gasteiger charge is -2.35. The molecule has 1 heterocycles. The Morgan fingerprint density at radius 2 is 2.23 bits per heavy atom. The predicted octanol–water partition coefficient (Wildman–Crippen LogP) is 1.12. The summed E-state index contributed by atoms with van der Waals surface area (Å²) in [4.78, 5) is 6.57. The lowest BCUT2D eigenvalue weighted by atomic mass is 9.97. The summed E-state index contributed by atoms with van der Waals surface area (Å²) < 4.78 is 0. The van der Waals surface area contributed by atoms with Gasteiger partial charge in [-0.3, -0.25) is 4.99 Å². The van der Waals surface area contributed by atoms with Crippen molar-refractivity contribution in [1.82, 2.24) is 4.90 Å². The van der Waals surface area contributed by atoms with E-state index in [0.717, 1.165) is 13.1 Å². The zero-order valence-electron chi connectivity index (χ0n) is 8.00.